The van der Waals surface area contributed by atoms with Crippen LogP contribution in [-0.2, 0) is 0 Å². The smallest absolute Gasteiger partial charge is 0.136 e. The standard InChI is InChI=1S/C54H35NOS/c1-3-12-36(13-4-1)38-24-28-43(29-25-38)55(44-30-26-39(27-31-44)37-14-5-2-6-15-37)45-19-10-17-41(35-45)40-16-9-18-42(34-40)46-21-11-22-49-52(46)53-50(56-49)33-32-48-47-20-7-8-23-51(47)57-54(48)53/h1-35H. The van der Waals surface area contributed by atoms with Crippen LogP contribution in [0, 0.1) is 0 Å². The molecule has 0 radical (unpaired) electrons. The van der Waals surface area contributed by atoms with Gasteiger partial charge in [-0.15, -0.1) is 11.3 Å². The second-order valence-electron chi connectivity index (χ2n) is 14.5. The van der Waals surface area contributed by atoms with E-state index in [0.29, 0.717) is 0 Å². The lowest BCUT2D eigenvalue weighted by Gasteiger charge is -2.26. The fourth-order valence-corrected chi connectivity index (χ4v) is 9.58. The molecule has 2 nitrogen and oxygen atoms in total. The van der Waals surface area contributed by atoms with Crippen molar-refractivity contribution in [2.75, 3.05) is 4.90 Å². The maximum absolute atomic E-state index is 6.53. The Morgan fingerprint density at radius 1 is 0.333 bits per heavy atom. The molecule has 0 saturated heterocycles. The largest absolute Gasteiger partial charge is 0.456 e. The fraction of sp³-hybridized carbons (Fsp3) is 0. The first-order valence-corrected chi connectivity index (χ1v) is 20.1. The minimum Gasteiger partial charge on any atom is -0.456 e. The van der Waals surface area contributed by atoms with E-state index >= 15 is 0 Å². The molecule has 2 aromatic heterocycles. The van der Waals surface area contributed by atoms with Gasteiger partial charge in [-0.3, -0.25) is 0 Å². The van der Waals surface area contributed by atoms with Gasteiger partial charge in [-0.2, -0.15) is 0 Å². The van der Waals surface area contributed by atoms with Gasteiger partial charge in [0.15, 0.2) is 0 Å². The SMILES string of the molecule is c1ccc(-c2ccc(N(c3ccc(-c4ccccc4)cc3)c3cccc(-c4cccc(-c5cccc6oc7ccc8c9ccccc9sc8c7c56)c4)c3)cc2)cc1. The maximum Gasteiger partial charge on any atom is 0.136 e. The number of rotatable bonds is 7. The summed E-state index contributed by atoms with van der Waals surface area (Å²) in [7, 11) is 0. The number of benzene rings is 9. The van der Waals surface area contributed by atoms with Crippen molar-refractivity contribution in [1.29, 1.82) is 0 Å². The van der Waals surface area contributed by atoms with Crippen LogP contribution in [0.1, 0.15) is 0 Å². The van der Waals surface area contributed by atoms with Crippen molar-refractivity contribution in [3.05, 3.63) is 212 Å². The van der Waals surface area contributed by atoms with E-state index in [9.17, 15) is 0 Å². The molecule has 3 heteroatoms. The number of anilines is 3. The highest BCUT2D eigenvalue weighted by molar-refractivity contribution is 7.26. The molecule has 0 saturated carbocycles. The van der Waals surface area contributed by atoms with E-state index in [1.165, 1.54) is 58.8 Å². The van der Waals surface area contributed by atoms with Gasteiger partial charge in [-0.25, -0.2) is 0 Å². The number of thiophene rings is 1. The highest BCUT2D eigenvalue weighted by atomic mass is 32.1. The average molecular weight is 746 g/mol. The molecule has 0 bridgehead atoms. The summed E-state index contributed by atoms with van der Waals surface area (Å²) < 4.78 is 9.09. The van der Waals surface area contributed by atoms with Crippen molar-refractivity contribution < 1.29 is 4.42 Å². The summed E-state index contributed by atoms with van der Waals surface area (Å²) in [6.07, 6.45) is 0. The third-order valence-electron chi connectivity index (χ3n) is 11.1. The van der Waals surface area contributed by atoms with Gasteiger partial charge in [0.05, 0.1) is 0 Å². The highest BCUT2D eigenvalue weighted by Crippen LogP contribution is 2.46. The van der Waals surface area contributed by atoms with Crippen molar-refractivity contribution in [3.8, 4) is 44.5 Å². The van der Waals surface area contributed by atoms with Crippen molar-refractivity contribution >= 4 is 70.5 Å². The van der Waals surface area contributed by atoms with E-state index < -0.39 is 0 Å². The van der Waals surface area contributed by atoms with Gasteiger partial charge in [0.1, 0.15) is 11.2 Å². The second kappa shape index (κ2) is 13.8. The summed E-state index contributed by atoms with van der Waals surface area (Å²) in [6, 6.07) is 76.2. The predicted molar refractivity (Wildman–Crippen MR) is 243 cm³/mol. The van der Waals surface area contributed by atoms with E-state index in [4.69, 9.17) is 4.42 Å². The molecule has 0 amide bonds. The number of fused-ring (bicyclic) bond motifs is 7. The van der Waals surface area contributed by atoms with E-state index in [2.05, 4.69) is 217 Å². The lowest BCUT2D eigenvalue weighted by atomic mass is 9.95. The molecular formula is C54H35NOS. The first-order chi connectivity index (χ1) is 28.2. The first-order valence-electron chi connectivity index (χ1n) is 19.3. The minimum atomic E-state index is 0.909. The van der Waals surface area contributed by atoms with Gasteiger partial charge in [0, 0.05) is 48.0 Å². The second-order valence-corrected chi connectivity index (χ2v) is 15.5. The predicted octanol–water partition coefficient (Wildman–Crippen LogP) is 16.1. The molecule has 0 spiro atoms. The van der Waals surface area contributed by atoms with Gasteiger partial charge in [0.25, 0.3) is 0 Å². The molecule has 268 valence electrons. The van der Waals surface area contributed by atoms with Crippen LogP contribution in [0.25, 0.3) is 86.6 Å². The fourth-order valence-electron chi connectivity index (χ4n) is 8.33. The zero-order valence-electron chi connectivity index (χ0n) is 31.0. The van der Waals surface area contributed by atoms with Crippen molar-refractivity contribution in [2.24, 2.45) is 0 Å². The maximum atomic E-state index is 6.53. The van der Waals surface area contributed by atoms with Gasteiger partial charge < -0.3 is 9.32 Å². The summed E-state index contributed by atoms with van der Waals surface area (Å²) in [5.41, 5.74) is 14.6. The Hall–Kier alpha value is -7.20. The lowest BCUT2D eigenvalue weighted by molar-refractivity contribution is 0.669. The molecule has 0 N–H and O–H groups in total. The average Bonchev–Trinajstić information content (AvgIpc) is 3.87. The van der Waals surface area contributed by atoms with Crippen molar-refractivity contribution in [1.82, 2.24) is 0 Å². The lowest BCUT2D eigenvalue weighted by Crippen LogP contribution is -2.10. The van der Waals surface area contributed by atoms with E-state index in [0.717, 1.165) is 44.9 Å². The van der Waals surface area contributed by atoms with Crippen molar-refractivity contribution in [2.45, 2.75) is 0 Å². The van der Waals surface area contributed by atoms with Crippen LogP contribution < -0.4 is 4.90 Å². The van der Waals surface area contributed by atoms with Gasteiger partial charge in [-0.1, -0.05) is 146 Å². The number of hydrogen-bond acceptors (Lipinski definition) is 3. The van der Waals surface area contributed by atoms with E-state index in [-0.39, 0.29) is 0 Å². The van der Waals surface area contributed by atoms with Crippen LogP contribution >= 0.6 is 11.3 Å². The van der Waals surface area contributed by atoms with Crippen LogP contribution in [0.2, 0.25) is 0 Å². The number of hydrogen-bond donors (Lipinski definition) is 0. The topological polar surface area (TPSA) is 16.4 Å². The molecule has 2 heterocycles. The third-order valence-corrected chi connectivity index (χ3v) is 12.3. The molecule has 0 aliphatic rings. The molecule has 0 fully saturated rings. The van der Waals surface area contributed by atoms with E-state index in [1.807, 2.05) is 11.3 Å². The molecule has 0 aliphatic heterocycles. The monoisotopic (exact) mass is 745 g/mol. The summed E-state index contributed by atoms with van der Waals surface area (Å²) in [6.45, 7) is 0. The van der Waals surface area contributed by atoms with Crippen LogP contribution in [0.4, 0.5) is 17.1 Å². The number of nitrogens with zero attached hydrogens (tertiary/aromatic N) is 1. The molecule has 57 heavy (non-hydrogen) atoms. The normalized spacial score (nSPS) is 11.5. The van der Waals surface area contributed by atoms with Crippen LogP contribution in [0.5, 0.6) is 0 Å². The van der Waals surface area contributed by atoms with Crippen molar-refractivity contribution in [3.63, 3.8) is 0 Å². The Balaban J connectivity index is 1.01. The highest BCUT2D eigenvalue weighted by Gasteiger charge is 2.19. The molecule has 0 aliphatic carbocycles. The van der Waals surface area contributed by atoms with Crippen LogP contribution in [0.15, 0.2) is 217 Å². The minimum absolute atomic E-state index is 0.909. The van der Waals surface area contributed by atoms with Gasteiger partial charge in [0.2, 0.25) is 0 Å². The van der Waals surface area contributed by atoms with Gasteiger partial charge >= 0.3 is 0 Å². The van der Waals surface area contributed by atoms with Crippen LogP contribution in [-0.4, -0.2) is 0 Å². The van der Waals surface area contributed by atoms with Crippen LogP contribution in [0.3, 0.4) is 0 Å². The molecular weight excluding hydrogens is 711 g/mol. The molecule has 9 aromatic carbocycles. The Morgan fingerprint density at radius 3 is 1.58 bits per heavy atom. The Bertz CT molecular complexity index is 3130. The summed E-state index contributed by atoms with van der Waals surface area (Å²) >= 11 is 1.85. The quantitative estimate of drug-likeness (QED) is 0.162. The zero-order valence-corrected chi connectivity index (χ0v) is 31.8. The first kappa shape index (κ1) is 33.2. The summed E-state index contributed by atoms with van der Waals surface area (Å²) in [5, 5.41) is 4.93. The van der Waals surface area contributed by atoms with E-state index in [1.54, 1.807) is 0 Å². The third kappa shape index (κ3) is 5.88. The molecule has 0 unspecified atom stereocenters. The molecule has 11 rings (SSSR count). The molecule has 0 atom stereocenters. The number of furan rings is 1. The Morgan fingerprint density at radius 2 is 0.877 bits per heavy atom. The summed E-state index contributed by atoms with van der Waals surface area (Å²) in [4.78, 5) is 2.35. The Kier molecular flexibility index (Phi) is 8.04. The Labute approximate surface area is 335 Å². The molecule has 11 aromatic rings. The van der Waals surface area contributed by atoms with Gasteiger partial charge in [-0.05, 0) is 111 Å². The zero-order chi connectivity index (χ0) is 37.7. The summed E-state index contributed by atoms with van der Waals surface area (Å²) in [5.74, 6) is 0.